The van der Waals surface area contributed by atoms with Crippen LogP contribution in [0.3, 0.4) is 0 Å². The van der Waals surface area contributed by atoms with E-state index in [0.717, 1.165) is 42.6 Å². The zero-order chi connectivity index (χ0) is 15.8. The first-order valence-corrected chi connectivity index (χ1v) is 8.49. The molecule has 0 spiro atoms. The molecule has 2 heterocycles. The lowest BCUT2D eigenvalue weighted by molar-refractivity contribution is 0.0992. The van der Waals surface area contributed by atoms with Crippen molar-refractivity contribution in [3.8, 4) is 0 Å². The molecule has 4 heteroatoms. The third-order valence-electron chi connectivity index (χ3n) is 4.85. The number of benzene rings is 1. The van der Waals surface area contributed by atoms with Crippen molar-refractivity contribution in [2.24, 2.45) is 0 Å². The number of carbonyl (C=O) groups is 1. The normalized spacial score (nSPS) is 23.6. The molecule has 23 heavy (non-hydrogen) atoms. The highest BCUT2D eigenvalue weighted by Gasteiger charge is 2.32. The summed E-state index contributed by atoms with van der Waals surface area (Å²) in [7, 11) is 0. The van der Waals surface area contributed by atoms with Gasteiger partial charge in [0.2, 0.25) is 0 Å². The van der Waals surface area contributed by atoms with Crippen LogP contribution < -0.4 is 10.6 Å². The van der Waals surface area contributed by atoms with Gasteiger partial charge in [-0.15, -0.1) is 0 Å². The highest BCUT2D eigenvalue weighted by molar-refractivity contribution is 6.31. The molecule has 0 bridgehead atoms. The second-order valence-electron chi connectivity index (χ2n) is 6.26. The lowest BCUT2D eigenvalue weighted by atomic mass is 9.85. The molecular weight excluding hydrogens is 308 g/mol. The second-order valence-corrected chi connectivity index (χ2v) is 6.69. The lowest BCUT2D eigenvalue weighted by Crippen LogP contribution is -2.32. The molecule has 3 aliphatic rings. The van der Waals surface area contributed by atoms with Crippen LogP contribution in [0.1, 0.15) is 35.2 Å². The van der Waals surface area contributed by atoms with Gasteiger partial charge < -0.3 is 10.6 Å². The van der Waals surface area contributed by atoms with Crippen LogP contribution in [0.5, 0.6) is 0 Å². The summed E-state index contributed by atoms with van der Waals surface area (Å²) in [6.45, 7) is 1.99. The molecule has 118 valence electrons. The Hall–Kier alpha value is -1.84. The fraction of sp³-hybridized carbons (Fsp3) is 0.316. The fourth-order valence-corrected chi connectivity index (χ4v) is 3.94. The molecule has 1 saturated heterocycles. The van der Waals surface area contributed by atoms with Crippen LogP contribution >= 0.6 is 11.6 Å². The van der Waals surface area contributed by atoms with E-state index in [2.05, 4.69) is 16.7 Å². The van der Waals surface area contributed by atoms with Crippen molar-refractivity contribution in [3.05, 3.63) is 63.8 Å². The third kappa shape index (κ3) is 2.64. The van der Waals surface area contributed by atoms with Crippen molar-refractivity contribution >= 4 is 23.0 Å². The minimum atomic E-state index is 0.0967. The number of ketones is 1. The van der Waals surface area contributed by atoms with E-state index in [-0.39, 0.29) is 11.8 Å². The molecular formula is C19H19ClN2O. The summed E-state index contributed by atoms with van der Waals surface area (Å²) in [5.74, 6) is 0.153. The summed E-state index contributed by atoms with van der Waals surface area (Å²) in [5.41, 5.74) is 5.68. The van der Waals surface area contributed by atoms with E-state index in [1.54, 1.807) is 0 Å². The molecule has 2 aliphatic heterocycles. The van der Waals surface area contributed by atoms with Crippen LogP contribution in [0.2, 0.25) is 5.02 Å². The Kier molecular flexibility index (Phi) is 3.83. The van der Waals surface area contributed by atoms with E-state index in [1.165, 1.54) is 11.1 Å². The van der Waals surface area contributed by atoms with Gasteiger partial charge in [0.1, 0.15) is 0 Å². The van der Waals surface area contributed by atoms with Gasteiger partial charge in [0.15, 0.2) is 5.78 Å². The van der Waals surface area contributed by atoms with Crippen LogP contribution in [-0.4, -0.2) is 24.9 Å². The van der Waals surface area contributed by atoms with Gasteiger partial charge in [-0.05, 0) is 67.0 Å². The maximum absolute atomic E-state index is 12.8. The van der Waals surface area contributed by atoms with Crippen LogP contribution in [0.15, 0.2) is 47.7 Å². The number of hydrogen-bond acceptors (Lipinski definition) is 3. The highest BCUT2D eigenvalue weighted by Crippen LogP contribution is 2.39. The number of halogens is 1. The SMILES string of the molecule is O=C1CC2=CC=CNC2C(=C2CCNCC2)c2ccc(Cl)cc21. The number of piperidine rings is 1. The maximum atomic E-state index is 12.8. The van der Waals surface area contributed by atoms with Gasteiger partial charge in [0.25, 0.3) is 0 Å². The summed E-state index contributed by atoms with van der Waals surface area (Å²) in [6.07, 6.45) is 8.54. The summed E-state index contributed by atoms with van der Waals surface area (Å²) >= 11 is 6.16. The van der Waals surface area contributed by atoms with Gasteiger partial charge >= 0.3 is 0 Å². The zero-order valence-corrected chi connectivity index (χ0v) is 13.6. The largest absolute Gasteiger partial charge is 0.380 e. The Labute approximate surface area is 141 Å². The van der Waals surface area contributed by atoms with Crippen LogP contribution in [-0.2, 0) is 0 Å². The first kappa shape index (κ1) is 14.7. The molecule has 1 aromatic carbocycles. The molecule has 1 unspecified atom stereocenters. The molecule has 2 N–H and O–H groups in total. The standard InChI is InChI=1S/C19H19ClN2O/c20-14-3-4-15-16(11-14)17(23)10-13-2-1-7-22-19(13)18(15)12-5-8-21-9-6-12/h1-4,7,11,19,21-22H,5-6,8-10H2. The monoisotopic (exact) mass is 326 g/mol. The summed E-state index contributed by atoms with van der Waals surface area (Å²) in [6, 6.07) is 5.83. The Morgan fingerprint density at radius 3 is 2.78 bits per heavy atom. The predicted molar refractivity (Wildman–Crippen MR) is 93.6 cm³/mol. The van der Waals surface area contributed by atoms with E-state index in [0.29, 0.717) is 11.4 Å². The fourth-order valence-electron chi connectivity index (χ4n) is 3.77. The number of carbonyl (C=O) groups excluding carboxylic acids is 1. The van der Waals surface area contributed by atoms with Crippen molar-refractivity contribution in [3.63, 3.8) is 0 Å². The maximum Gasteiger partial charge on any atom is 0.167 e. The first-order chi connectivity index (χ1) is 11.2. The van der Waals surface area contributed by atoms with Crippen molar-refractivity contribution in [2.45, 2.75) is 25.3 Å². The minimum Gasteiger partial charge on any atom is -0.380 e. The molecule has 0 aromatic heterocycles. The first-order valence-electron chi connectivity index (χ1n) is 8.11. The average molecular weight is 327 g/mol. The topological polar surface area (TPSA) is 41.1 Å². The Morgan fingerprint density at radius 1 is 1.13 bits per heavy atom. The molecule has 1 aromatic rings. The molecule has 0 amide bonds. The molecule has 1 aliphatic carbocycles. The lowest BCUT2D eigenvalue weighted by Gasteiger charge is -2.29. The minimum absolute atomic E-state index is 0.0967. The molecule has 1 atom stereocenters. The van der Waals surface area contributed by atoms with Gasteiger partial charge in [0.05, 0.1) is 6.04 Å². The van der Waals surface area contributed by atoms with E-state index in [4.69, 9.17) is 11.6 Å². The van der Waals surface area contributed by atoms with Crippen LogP contribution in [0.4, 0.5) is 0 Å². The second kappa shape index (κ2) is 5.99. The number of Topliss-reactive ketones (excluding diaryl/α,β-unsaturated/α-hetero) is 1. The molecule has 4 rings (SSSR count). The van der Waals surface area contributed by atoms with E-state index in [9.17, 15) is 4.79 Å². The van der Waals surface area contributed by atoms with Gasteiger partial charge in [-0.2, -0.15) is 0 Å². The molecule has 1 fully saturated rings. The van der Waals surface area contributed by atoms with E-state index >= 15 is 0 Å². The highest BCUT2D eigenvalue weighted by atomic mass is 35.5. The predicted octanol–water partition coefficient (Wildman–Crippen LogP) is 3.48. The van der Waals surface area contributed by atoms with E-state index in [1.807, 2.05) is 30.5 Å². The van der Waals surface area contributed by atoms with Crippen LogP contribution in [0.25, 0.3) is 5.57 Å². The quantitative estimate of drug-likeness (QED) is 0.767. The van der Waals surface area contributed by atoms with Crippen molar-refractivity contribution < 1.29 is 4.79 Å². The number of dihydropyridines is 1. The van der Waals surface area contributed by atoms with Crippen molar-refractivity contribution in [2.75, 3.05) is 13.1 Å². The van der Waals surface area contributed by atoms with Crippen LogP contribution in [0, 0.1) is 0 Å². The Balaban J connectivity index is 1.95. The summed E-state index contributed by atoms with van der Waals surface area (Å²) < 4.78 is 0. The third-order valence-corrected chi connectivity index (χ3v) is 5.09. The van der Waals surface area contributed by atoms with Crippen molar-refractivity contribution in [1.29, 1.82) is 0 Å². The van der Waals surface area contributed by atoms with Gasteiger partial charge in [-0.1, -0.05) is 29.3 Å². The smallest absolute Gasteiger partial charge is 0.167 e. The average Bonchev–Trinajstić information content (AvgIpc) is 2.70. The van der Waals surface area contributed by atoms with Gasteiger partial charge in [0, 0.05) is 17.0 Å². The van der Waals surface area contributed by atoms with Gasteiger partial charge in [-0.25, -0.2) is 0 Å². The molecule has 3 nitrogen and oxygen atoms in total. The number of fused-ring (bicyclic) bond motifs is 2. The zero-order valence-electron chi connectivity index (χ0n) is 12.9. The number of hydrogen-bond donors (Lipinski definition) is 2. The van der Waals surface area contributed by atoms with Gasteiger partial charge in [-0.3, -0.25) is 4.79 Å². The summed E-state index contributed by atoms with van der Waals surface area (Å²) in [4.78, 5) is 12.8. The van der Waals surface area contributed by atoms with Crippen molar-refractivity contribution in [1.82, 2.24) is 10.6 Å². The number of allylic oxidation sites excluding steroid dienone is 2. The molecule has 0 radical (unpaired) electrons. The summed E-state index contributed by atoms with van der Waals surface area (Å²) in [5, 5.41) is 7.51. The Morgan fingerprint density at radius 2 is 1.96 bits per heavy atom. The Bertz CT molecular complexity index is 753. The number of nitrogens with one attached hydrogen (secondary N) is 2. The number of rotatable bonds is 0. The van der Waals surface area contributed by atoms with E-state index < -0.39 is 0 Å². The molecule has 0 saturated carbocycles.